The number of carbonyl (C=O) groups is 1. The van der Waals surface area contributed by atoms with E-state index in [-0.39, 0.29) is 5.97 Å². The zero-order valence-electron chi connectivity index (χ0n) is 12.4. The number of hydrogen-bond donors (Lipinski definition) is 0. The molecule has 0 aliphatic rings. The van der Waals surface area contributed by atoms with Crippen molar-refractivity contribution < 1.29 is 9.53 Å². The Kier molecular flexibility index (Phi) is 5.45. The van der Waals surface area contributed by atoms with Crippen molar-refractivity contribution in [3.05, 3.63) is 66.2 Å². The summed E-state index contributed by atoms with van der Waals surface area (Å²) in [5.41, 5.74) is 1.14. The Labute approximate surface area is 130 Å². The molecule has 0 amide bonds. The minimum atomic E-state index is -0.626. The molecule has 0 aliphatic carbocycles. The van der Waals surface area contributed by atoms with Crippen molar-refractivity contribution in [3.63, 3.8) is 0 Å². The summed E-state index contributed by atoms with van der Waals surface area (Å²) in [7, 11) is 0. The lowest BCUT2D eigenvalue weighted by molar-refractivity contribution is -0.145. The van der Waals surface area contributed by atoms with E-state index in [9.17, 15) is 4.79 Å². The zero-order chi connectivity index (χ0) is 15.1. The number of thioether (sulfide) groups is 1. The maximum Gasteiger partial charge on any atom is 0.322 e. The lowest BCUT2D eigenvalue weighted by Crippen LogP contribution is -2.36. The quantitative estimate of drug-likeness (QED) is 0.586. The second-order valence-electron chi connectivity index (χ2n) is 5.03. The third-order valence-electron chi connectivity index (χ3n) is 3.18. The molecule has 0 bridgehead atoms. The summed E-state index contributed by atoms with van der Waals surface area (Å²) in [4.78, 5) is 13.5. The van der Waals surface area contributed by atoms with Gasteiger partial charge < -0.3 is 4.74 Å². The Morgan fingerprint density at radius 3 is 2.19 bits per heavy atom. The first kappa shape index (κ1) is 15.6. The van der Waals surface area contributed by atoms with E-state index >= 15 is 0 Å². The molecule has 0 radical (unpaired) electrons. The summed E-state index contributed by atoms with van der Waals surface area (Å²) in [6.07, 6.45) is 0.645. The molecule has 0 saturated carbocycles. The van der Waals surface area contributed by atoms with Crippen LogP contribution in [0.25, 0.3) is 0 Å². The van der Waals surface area contributed by atoms with E-state index in [0.29, 0.717) is 13.0 Å². The zero-order valence-corrected chi connectivity index (χ0v) is 13.2. The van der Waals surface area contributed by atoms with E-state index in [4.69, 9.17) is 4.74 Å². The highest BCUT2D eigenvalue weighted by atomic mass is 32.2. The van der Waals surface area contributed by atoms with Crippen LogP contribution >= 0.6 is 11.8 Å². The Morgan fingerprint density at radius 2 is 1.62 bits per heavy atom. The highest BCUT2D eigenvalue weighted by Gasteiger charge is 2.36. The third kappa shape index (κ3) is 4.36. The molecule has 2 aromatic rings. The summed E-state index contributed by atoms with van der Waals surface area (Å²) in [5.74, 6) is -0.164. The van der Waals surface area contributed by atoms with E-state index < -0.39 is 4.75 Å². The fourth-order valence-electron chi connectivity index (χ4n) is 2.17. The number of esters is 1. The second kappa shape index (κ2) is 7.32. The van der Waals surface area contributed by atoms with Crippen LogP contribution in [0.1, 0.15) is 19.4 Å². The third-order valence-corrected chi connectivity index (χ3v) is 4.45. The van der Waals surface area contributed by atoms with Crippen molar-refractivity contribution in [2.24, 2.45) is 0 Å². The molecule has 1 atom stereocenters. The highest BCUT2D eigenvalue weighted by molar-refractivity contribution is 8.01. The maximum atomic E-state index is 12.4. The largest absolute Gasteiger partial charge is 0.465 e. The number of carbonyl (C=O) groups excluding carboxylic acids is 1. The molecule has 0 N–H and O–H groups in total. The van der Waals surface area contributed by atoms with Gasteiger partial charge in [-0.05, 0) is 38.0 Å². The van der Waals surface area contributed by atoms with Crippen LogP contribution in [0.5, 0.6) is 0 Å². The standard InChI is InChI=1S/C18H20O2S/c1-3-20-17(19)18(2,14-15-10-6-4-7-11-15)21-16-12-8-5-9-13-16/h4-13H,3,14H2,1-2H3. The number of benzene rings is 2. The molecule has 0 fully saturated rings. The molecule has 0 saturated heterocycles. The molecular weight excluding hydrogens is 280 g/mol. The Bertz CT molecular complexity index is 525. The van der Waals surface area contributed by atoms with Crippen LogP contribution in [0.4, 0.5) is 0 Å². The minimum absolute atomic E-state index is 0.164. The fourth-order valence-corrected chi connectivity index (χ4v) is 3.36. The number of hydrogen-bond acceptors (Lipinski definition) is 3. The Hall–Kier alpha value is -1.74. The van der Waals surface area contributed by atoms with Crippen molar-refractivity contribution in [2.45, 2.75) is 29.9 Å². The van der Waals surface area contributed by atoms with Crippen molar-refractivity contribution >= 4 is 17.7 Å². The Balaban J connectivity index is 2.23. The van der Waals surface area contributed by atoms with Crippen molar-refractivity contribution in [2.75, 3.05) is 6.61 Å². The first-order valence-corrected chi connectivity index (χ1v) is 7.91. The molecule has 0 heterocycles. The average molecular weight is 300 g/mol. The van der Waals surface area contributed by atoms with Crippen LogP contribution in [0, 0.1) is 0 Å². The lowest BCUT2D eigenvalue weighted by atomic mass is 10.0. The van der Waals surface area contributed by atoms with Crippen LogP contribution < -0.4 is 0 Å². The van der Waals surface area contributed by atoms with Gasteiger partial charge in [-0.1, -0.05) is 48.5 Å². The second-order valence-corrected chi connectivity index (χ2v) is 6.61. The summed E-state index contributed by atoms with van der Waals surface area (Å²) in [6, 6.07) is 20.0. The van der Waals surface area contributed by atoms with Gasteiger partial charge in [-0.2, -0.15) is 0 Å². The van der Waals surface area contributed by atoms with Crippen LogP contribution in [0.2, 0.25) is 0 Å². The molecule has 21 heavy (non-hydrogen) atoms. The van der Waals surface area contributed by atoms with Crippen molar-refractivity contribution in [1.82, 2.24) is 0 Å². The molecular formula is C18H20O2S. The molecule has 2 nitrogen and oxygen atoms in total. The van der Waals surface area contributed by atoms with Gasteiger partial charge in [0.15, 0.2) is 0 Å². The van der Waals surface area contributed by atoms with Gasteiger partial charge in [0.2, 0.25) is 0 Å². The highest BCUT2D eigenvalue weighted by Crippen LogP contribution is 2.36. The summed E-state index contributed by atoms with van der Waals surface area (Å²) in [6.45, 7) is 4.20. The van der Waals surface area contributed by atoms with E-state index in [1.807, 2.05) is 74.5 Å². The van der Waals surface area contributed by atoms with Crippen LogP contribution in [-0.4, -0.2) is 17.3 Å². The smallest absolute Gasteiger partial charge is 0.322 e. The lowest BCUT2D eigenvalue weighted by Gasteiger charge is -2.26. The number of rotatable bonds is 6. The van der Waals surface area contributed by atoms with E-state index in [0.717, 1.165) is 10.5 Å². The summed E-state index contributed by atoms with van der Waals surface area (Å²) in [5, 5.41) is 0. The maximum absolute atomic E-state index is 12.4. The Morgan fingerprint density at radius 1 is 1.05 bits per heavy atom. The topological polar surface area (TPSA) is 26.3 Å². The van der Waals surface area contributed by atoms with Crippen molar-refractivity contribution in [1.29, 1.82) is 0 Å². The average Bonchev–Trinajstić information content (AvgIpc) is 2.49. The SMILES string of the molecule is CCOC(=O)C(C)(Cc1ccccc1)Sc1ccccc1. The van der Waals surface area contributed by atoms with Gasteiger partial charge in [-0.3, -0.25) is 4.79 Å². The molecule has 0 aliphatic heterocycles. The summed E-state index contributed by atoms with van der Waals surface area (Å²) < 4.78 is 4.67. The van der Waals surface area contributed by atoms with Crippen LogP contribution in [0.15, 0.2) is 65.6 Å². The fraction of sp³-hybridized carbons (Fsp3) is 0.278. The van der Waals surface area contributed by atoms with Gasteiger partial charge in [0.05, 0.1) is 6.61 Å². The normalized spacial score (nSPS) is 13.4. The first-order chi connectivity index (χ1) is 10.1. The molecule has 3 heteroatoms. The van der Waals surface area contributed by atoms with E-state index in [1.54, 1.807) is 11.8 Å². The molecule has 0 aromatic heterocycles. The van der Waals surface area contributed by atoms with Crippen LogP contribution in [-0.2, 0) is 16.0 Å². The number of ether oxygens (including phenoxy) is 1. The first-order valence-electron chi connectivity index (χ1n) is 7.09. The van der Waals surface area contributed by atoms with Gasteiger partial charge in [-0.15, -0.1) is 11.8 Å². The molecule has 0 spiro atoms. The molecule has 110 valence electrons. The van der Waals surface area contributed by atoms with Crippen LogP contribution in [0.3, 0.4) is 0 Å². The molecule has 2 rings (SSSR count). The van der Waals surface area contributed by atoms with Gasteiger partial charge in [-0.25, -0.2) is 0 Å². The molecule has 1 unspecified atom stereocenters. The summed E-state index contributed by atoms with van der Waals surface area (Å²) >= 11 is 1.56. The van der Waals surface area contributed by atoms with Gasteiger partial charge in [0.25, 0.3) is 0 Å². The monoisotopic (exact) mass is 300 g/mol. The van der Waals surface area contributed by atoms with Crippen molar-refractivity contribution in [3.8, 4) is 0 Å². The van der Waals surface area contributed by atoms with Gasteiger partial charge >= 0.3 is 5.97 Å². The van der Waals surface area contributed by atoms with Gasteiger partial charge in [0, 0.05) is 4.90 Å². The molecule has 2 aromatic carbocycles. The van der Waals surface area contributed by atoms with E-state index in [2.05, 4.69) is 0 Å². The minimum Gasteiger partial charge on any atom is -0.465 e. The van der Waals surface area contributed by atoms with Gasteiger partial charge in [0.1, 0.15) is 4.75 Å². The predicted molar refractivity (Wildman–Crippen MR) is 87.5 cm³/mol. The van der Waals surface area contributed by atoms with E-state index in [1.165, 1.54) is 0 Å². The predicted octanol–water partition coefficient (Wildman–Crippen LogP) is 4.34.